The first-order valence-corrected chi connectivity index (χ1v) is 6.65. The first-order chi connectivity index (χ1) is 8.29. The van der Waals surface area contributed by atoms with Crippen molar-refractivity contribution in [2.75, 3.05) is 0 Å². The SMILES string of the molecule is Cc1ccc(S/C(=C/Cl)c2ccccc2)cc1. The van der Waals surface area contributed by atoms with Crippen LogP contribution in [0, 0.1) is 6.92 Å². The van der Waals surface area contributed by atoms with Crippen LogP contribution in [0.2, 0.25) is 0 Å². The lowest BCUT2D eigenvalue weighted by Gasteiger charge is -2.06. The molecule has 86 valence electrons. The largest absolute Gasteiger partial charge is 0.0917 e. The molecular weight excluding hydrogens is 248 g/mol. The maximum absolute atomic E-state index is 5.90. The molecule has 0 amide bonds. The second-order valence-electron chi connectivity index (χ2n) is 3.75. The normalized spacial score (nSPS) is 11.5. The second kappa shape index (κ2) is 5.95. The van der Waals surface area contributed by atoms with Crippen molar-refractivity contribution in [3.05, 3.63) is 71.3 Å². The van der Waals surface area contributed by atoms with Gasteiger partial charge in [0.1, 0.15) is 0 Å². The smallest absolute Gasteiger partial charge is 0.0307 e. The predicted molar refractivity (Wildman–Crippen MR) is 77.3 cm³/mol. The van der Waals surface area contributed by atoms with Crippen LogP contribution in [0.5, 0.6) is 0 Å². The summed E-state index contributed by atoms with van der Waals surface area (Å²) >= 11 is 7.58. The lowest BCUT2D eigenvalue weighted by atomic mass is 10.2. The average Bonchev–Trinajstić information content (AvgIpc) is 2.39. The van der Waals surface area contributed by atoms with Crippen molar-refractivity contribution >= 4 is 28.3 Å². The Kier molecular flexibility index (Phi) is 4.29. The molecule has 0 aliphatic carbocycles. The fourth-order valence-corrected chi connectivity index (χ4v) is 2.56. The molecule has 0 spiro atoms. The molecule has 2 aromatic carbocycles. The summed E-state index contributed by atoms with van der Waals surface area (Å²) in [7, 11) is 0. The Labute approximate surface area is 111 Å². The Hall–Kier alpha value is -1.18. The van der Waals surface area contributed by atoms with Gasteiger partial charge in [0.05, 0.1) is 0 Å². The summed E-state index contributed by atoms with van der Waals surface area (Å²) in [4.78, 5) is 2.27. The molecule has 0 N–H and O–H groups in total. The molecule has 0 heterocycles. The lowest BCUT2D eigenvalue weighted by Crippen LogP contribution is -1.79. The molecule has 0 nitrogen and oxygen atoms in total. The summed E-state index contributed by atoms with van der Waals surface area (Å²) in [5.74, 6) is 0. The van der Waals surface area contributed by atoms with Gasteiger partial charge in [0, 0.05) is 15.3 Å². The Morgan fingerprint density at radius 2 is 1.65 bits per heavy atom. The maximum Gasteiger partial charge on any atom is 0.0307 e. The van der Waals surface area contributed by atoms with E-state index in [1.54, 1.807) is 17.3 Å². The second-order valence-corrected chi connectivity index (χ2v) is 5.09. The van der Waals surface area contributed by atoms with Gasteiger partial charge in [-0.05, 0) is 24.6 Å². The minimum absolute atomic E-state index is 1.07. The summed E-state index contributed by atoms with van der Waals surface area (Å²) in [6.45, 7) is 2.09. The number of hydrogen-bond acceptors (Lipinski definition) is 1. The van der Waals surface area contributed by atoms with Crippen LogP contribution in [-0.4, -0.2) is 0 Å². The van der Waals surface area contributed by atoms with Gasteiger partial charge in [0.2, 0.25) is 0 Å². The summed E-state index contributed by atoms with van der Waals surface area (Å²) < 4.78 is 0. The van der Waals surface area contributed by atoms with Crippen molar-refractivity contribution in [2.24, 2.45) is 0 Å². The number of halogens is 1. The third-order valence-electron chi connectivity index (χ3n) is 2.41. The van der Waals surface area contributed by atoms with Gasteiger partial charge in [-0.1, -0.05) is 71.4 Å². The first kappa shape index (κ1) is 12.3. The molecule has 0 atom stereocenters. The van der Waals surface area contributed by atoms with E-state index >= 15 is 0 Å². The highest BCUT2D eigenvalue weighted by atomic mass is 35.5. The van der Waals surface area contributed by atoms with Crippen molar-refractivity contribution in [1.82, 2.24) is 0 Å². The number of thioether (sulfide) groups is 1. The number of rotatable bonds is 3. The summed E-state index contributed by atoms with van der Waals surface area (Å²) in [5.41, 5.74) is 4.05. The Morgan fingerprint density at radius 1 is 1.00 bits per heavy atom. The van der Waals surface area contributed by atoms with Gasteiger partial charge < -0.3 is 0 Å². The van der Waals surface area contributed by atoms with Crippen LogP contribution in [0.1, 0.15) is 11.1 Å². The average molecular weight is 261 g/mol. The molecule has 0 saturated heterocycles. The molecule has 2 heteroatoms. The highest BCUT2D eigenvalue weighted by Crippen LogP contribution is 2.34. The van der Waals surface area contributed by atoms with E-state index in [9.17, 15) is 0 Å². The third kappa shape index (κ3) is 3.39. The molecule has 0 aliphatic heterocycles. The first-order valence-electron chi connectivity index (χ1n) is 5.40. The van der Waals surface area contributed by atoms with Gasteiger partial charge in [0.25, 0.3) is 0 Å². The standard InChI is InChI=1S/C15H13ClS/c1-12-7-9-14(10-8-12)17-15(11-16)13-5-3-2-4-6-13/h2-11H,1H3/b15-11+. The number of hydrogen-bond donors (Lipinski definition) is 0. The third-order valence-corrected chi connectivity index (χ3v) is 3.84. The van der Waals surface area contributed by atoms with Crippen molar-refractivity contribution in [2.45, 2.75) is 11.8 Å². The van der Waals surface area contributed by atoms with E-state index < -0.39 is 0 Å². The predicted octanol–water partition coefficient (Wildman–Crippen LogP) is 5.32. The molecular formula is C15H13ClS. The van der Waals surface area contributed by atoms with Gasteiger partial charge >= 0.3 is 0 Å². The molecule has 0 saturated carbocycles. The zero-order valence-electron chi connectivity index (χ0n) is 9.56. The van der Waals surface area contributed by atoms with E-state index in [0.29, 0.717) is 0 Å². The van der Waals surface area contributed by atoms with E-state index in [1.807, 2.05) is 18.2 Å². The van der Waals surface area contributed by atoms with Crippen LogP contribution in [0.4, 0.5) is 0 Å². The lowest BCUT2D eigenvalue weighted by molar-refractivity contribution is 1.38. The molecule has 17 heavy (non-hydrogen) atoms. The van der Waals surface area contributed by atoms with Crippen LogP contribution in [0.15, 0.2) is 65.0 Å². The molecule has 0 fully saturated rings. The van der Waals surface area contributed by atoms with Crippen LogP contribution in [0.3, 0.4) is 0 Å². The van der Waals surface area contributed by atoms with E-state index in [2.05, 4.69) is 43.3 Å². The van der Waals surface area contributed by atoms with Crippen LogP contribution >= 0.6 is 23.4 Å². The molecule has 0 unspecified atom stereocenters. The molecule has 0 bridgehead atoms. The number of benzene rings is 2. The molecule has 0 radical (unpaired) electrons. The van der Waals surface area contributed by atoms with E-state index in [0.717, 1.165) is 10.5 Å². The van der Waals surface area contributed by atoms with Gasteiger partial charge in [0.15, 0.2) is 0 Å². The van der Waals surface area contributed by atoms with E-state index in [-0.39, 0.29) is 0 Å². The Morgan fingerprint density at radius 3 is 2.24 bits per heavy atom. The molecule has 0 aromatic heterocycles. The Bertz CT molecular complexity index is 500. The quantitative estimate of drug-likeness (QED) is 0.673. The van der Waals surface area contributed by atoms with Crippen LogP contribution in [0.25, 0.3) is 4.91 Å². The van der Waals surface area contributed by atoms with Crippen LogP contribution < -0.4 is 0 Å². The van der Waals surface area contributed by atoms with Gasteiger partial charge in [-0.2, -0.15) is 0 Å². The van der Waals surface area contributed by atoms with Crippen molar-refractivity contribution < 1.29 is 0 Å². The highest BCUT2D eigenvalue weighted by Gasteiger charge is 2.03. The maximum atomic E-state index is 5.90. The summed E-state index contributed by atoms with van der Waals surface area (Å²) in [6, 6.07) is 18.6. The van der Waals surface area contributed by atoms with Gasteiger partial charge in [-0.25, -0.2) is 0 Å². The van der Waals surface area contributed by atoms with Crippen molar-refractivity contribution in [1.29, 1.82) is 0 Å². The fourth-order valence-electron chi connectivity index (χ4n) is 1.48. The summed E-state index contributed by atoms with van der Waals surface area (Å²) in [5, 5.41) is 0. The van der Waals surface area contributed by atoms with Crippen molar-refractivity contribution in [3.8, 4) is 0 Å². The number of aryl methyl sites for hydroxylation is 1. The minimum atomic E-state index is 1.07. The zero-order chi connectivity index (χ0) is 12.1. The molecule has 2 rings (SSSR count). The van der Waals surface area contributed by atoms with E-state index in [4.69, 9.17) is 11.6 Å². The van der Waals surface area contributed by atoms with Gasteiger partial charge in [-0.3, -0.25) is 0 Å². The molecule has 0 aliphatic rings. The van der Waals surface area contributed by atoms with E-state index in [1.165, 1.54) is 10.5 Å². The minimum Gasteiger partial charge on any atom is -0.0917 e. The molecule has 2 aromatic rings. The highest BCUT2D eigenvalue weighted by molar-refractivity contribution is 8.08. The zero-order valence-corrected chi connectivity index (χ0v) is 11.1. The summed E-state index contributed by atoms with van der Waals surface area (Å²) in [6.07, 6.45) is 0. The van der Waals surface area contributed by atoms with Crippen LogP contribution in [-0.2, 0) is 0 Å². The fraction of sp³-hybridized carbons (Fsp3) is 0.0667. The van der Waals surface area contributed by atoms with Crippen molar-refractivity contribution in [3.63, 3.8) is 0 Å². The monoisotopic (exact) mass is 260 g/mol. The van der Waals surface area contributed by atoms with Gasteiger partial charge in [-0.15, -0.1) is 0 Å². The topological polar surface area (TPSA) is 0 Å². The Balaban J connectivity index is 2.19.